The van der Waals surface area contributed by atoms with E-state index in [0.717, 1.165) is 5.56 Å². The summed E-state index contributed by atoms with van der Waals surface area (Å²) in [6.07, 6.45) is -0.978. The van der Waals surface area contributed by atoms with Crippen LogP contribution in [0.3, 0.4) is 0 Å². The van der Waals surface area contributed by atoms with E-state index in [9.17, 15) is 19.0 Å². The molecule has 1 aliphatic rings. The van der Waals surface area contributed by atoms with Crippen molar-refractivity contribution in [3.05, 3.63) is 35.4 Å². The van der Waals surface area contributed by atoms with E-state index in [1.807, 2.05) is 0 Å². The van der Waals surface area contributed by atoms with Crippen LogP contribution in [-0.4, -0.2) is 42.4 Å². The quantitative estimate of drug-likeness (QED) is 0.551. The van der Waals surface area contributed by atoms with Crippen LogP contribution < -0.4 is 4.72 Å². The predicted molar refractivity (Wildman–Crippen MR) is 65.8 cm³/mol. The predicted octanol–water partition coefficient (Wildman–Crippen LogP) is 0.689. The molecule has 0 bridgehead atoms. The third-order valence-electron chi connectivity index (χ3n) is 2.59. The fourth-order valence-corrected chi connectivity index (χ4v) is 2.97. The van der Waals surface area contributed by atoms with Gasteiger partial charge in [-0.25, -0.2) is 4.79 Å². The lowest BCUT2D eigenvalue weighted by Crippen LogP contribution is -2.25. The molecule has 1 fully saturated rings. The number of aromatic carboxylic acids is 1. The van der Waals surface area contributed by atoms with Crippen molar-refractivity contribution < 1.29 is 24.1 Å². The first kappa shape index (κ1) is 13.3. The maximum atomic E-state index is 10.7. The summed E-state index contributed by atoms with van der Waals surface area (Å²) < 4.78 is 22.8. The van der Waals surface area contributed by atoms with Crippen molar-refractivity contribution in [2.45, 2.75) is 12.8 Å². The molecule has 1 atom stereocenters. The molecule has 1 aliphatic heterocycles. The van der Waals surface area contributed by atoms with Crippen LogP contribution in [0.4, 0.5) is 0 Å². The summed E-state index contributed by atoms with van der Waals surface area (Å²) in [4.78, 5) is 10.7. The lowest BCUT2D eigenvalue weighted by atomic mass is 10.1. The summed E-state index contributed by atoms with van der Waals surface area (Å²) in [6.45, 7) is 0.315. The molecule has 0 saturated carbocycles. The maximum absolute atomic E-state index is 10.7. The summed E-state index contributed by atoms with van der Waals surface area (Å²) in [5.41, 5.74) is 0.904. The highest BCUT2D eigenvalue weighted by molar-refractivity contribution is 8.20. The molecule has 1 aromatic carbocycles. The minimum atomic E-state index is -3.14. The SMILES string of the molecule is O=C(O)c1ccc(CN2CC(O)NS2(O)O)cc1. The van der Waals surface area contributed by atoms with E-state index in [2.05, 4.69) is 4.72 Å². The highest BCUT2D eigenvalue weighted by Crippen LogP contribution is 2.44. The number of hydrogen-bond donors (Lipinski definition) is 5. The molecule has 0 amide bonds. The summed E-state index contributed by atoms with van der Waals surface area (Å²) in [7, 11) is -3.14. The molecule has 0 aromatic heterocycles. The summed E-state index contributed by atoms with van der Waals surface area (Å²) >= 11 is 0. The molecule has 1 heterocycles. The molecule has 2 rings (SSSR count). The third-order valence-corrected chi connectivity index (χ3v) is 4.18. The monoisotopic (exact) mass is 274 g/mol. The van der Waals surface area contributed by atoms with Crippen molar-refractivity contribution in [2.24, 2.45) is 0 Å². The van der Waals surface area contributed by atoms with Gasteiger partial charge in [0.25, 0.3) is 0 Å². The van der Waals surface area contributed by atoms with Crippen molar-refractivity contribution in [2.75, 3.05) is 6.54 Å². The molecule has 5 N–H and O–H groups in total. The first-order valence-corrected chi connectivity index (χ1v) is 6.70. The molecule has 0 aliphatic carbocycles. The number of carboxylic acid groups (broad SMARTS) is 1. The summed E-state index contributed by atoms with van der Waals surface area (Å²) in [6, 6.07) is 6.10. The van der Waals surface area contributed by atoms with E-state index in [1.165, 1.54) is 16.4 Å². The average molecular weight is 274 g/mol. The van der Waals surface area contributed by atoms with Gasteiger partial charge in [-0.15, -0.1) is 0 Å². The number of nitrogens with zero attached hydrogens (tertiary/aromatic N) is 1. The minimum Gasteiger partial charge on any atom is -0.478 e. The van der Waals surface area contributed by atoms with E-state index >= 15 is 0 Å². The largest absolute Gasteiger partial charge is 0.478 e. The van der Waals surface area contributed by atoms with Crippen molar-refractivity contribution in [1.29, 1.82) is 0 Å². The van der Waals surface area contributed by atoms with Gasteiger partial charge < -0.3 is 10.2 Å². The molecule has 0 spiro atoms. The second-order valence-electron chi connectivity index (χ2n) is 3.98. The molecule has 18 heavy (non-hydrogen) atoms. The van der Waals surface area contributed by atoms with Gasteiger partial charge in [-0.2, -0.15) is 9.03 Å². The van der Waals surface area contributed by atoms with E-state index in [1.54, 1.807) is 12.1 Å². The zero-order valence-corrected chi connectivity index (χ0v) is 10.2. The van der Waals surface area contributed by atoms with Gasteiger partial charge in [-0.1, -0.05) is 23.1 Å². The van der Waals surface area contributed by atoms with Crippen LogP contribution >= 0.6 is 11.0 Å². The zero-order valence-electron chi connectivity index (χ0n) is 9.35. The van der Waals surface area contributed by atoms with Gasteiger partial charge in [0.2, 0.25) is 0 Å². The highest BCUT2D eigenvalue weighted by Gasteiger charge is 2.34. The van der Waals surface area contributed by atoms with Gasteiger partial charge in [0.15, 0.2) is 0 Å². The van der Waals surface area contributed by atoms with Gasteiger partial charge in [0.05, 0.1) is 12.1 Å². The number of carboxylic acids is 1. The van der Waals surface area contributed by atoms with E-state index in [-0.39, 0.29) is 18.7 Å². The van der Waals surface area contributed by atoms with Crippen LogP contribution in [-0.2, 0) is 6.54 Å². The van der Waals surface area contributed by atoms with Crippen LogP contribution in [0.5, 0.6) is 0 Å². The van der Waals surface area contributed by atoms with Crippen molar-refractivity contribution >= 4 is 16.9 Å². The topological polar surface area (TPSA) is 113 Å². The number of β-amino-alcohol motifs (C(OH)–C–C–N with tert-alkyl or cyclic N) is 1. The molecule has 1 saturated heterocycles. The first-order chi connectivity index (χ1) is 8.38. The second kappa shape index (κ2) is 4.84. The number of rotatable bonds is 3. The Hall–Kier alpha value is -1.16. The molecular weight excluding hydrogens is 260 g/mol. The van der Waals surface area contributed by atoms with E-state index in [4.69, 9.17) is 5.11 Å². The van der Waals surface area contributed by atoms with Crippen LogP contribution in [0.2, 0.25) is 0 Å². The molecule has 100 valence electrons. The minimum absolute atomic E-state index is 0.100. The fourth-order valence-electron chi connectivity index (χ4n) is 1.70. The Kier molecular flexibility index (Phi) is 3.57. The maximum Gasteiger partial charge on any atom is 0.335 e. The number of carbonyl (C=O) groups is 1. The van der Waals surface area contributed by atoms with Gasteiger partial charge in [-0.05, 0) is 17.7 Å². The molecule has 8 heteroatoms. The number of nitrogens with one attached hydrogen (secondary N) is 1. The van der Waals surface area contributed by atoms with Gasteiger partial charge in [-0.3, -0.25) is 9.11 Å². The number of benzene rings is 1. The number of aliphatic hydroxyl groups excluding tert-OH is 1. The Balaban J connectivity index is 2.08. The molecule has 0 radical (unpaired) electrons. The lowest BCUT2D eigenvalue weighted by Gasteiger charge is -2.35. The first-order valence-electron chi connectivity index (χ1n) is 5.19. The second-order valence-corrected chi connectivity index (χ2v) is 5.77. The number of hydrogen-bond acceptors (Lipinski definition) is 6. The van der Waals surface area contributed by atoms with Gasteiger partial charge in [0.1, 0.15) is 6.23 Å². The zero-order chi connectivity index (χ0) is 13.3. The van der Waals surface area contributed by atoms with E-state index in [0.29, 0.717) is 0 Å². The summed E-state index contributed by atoms with van der Waals surface area (Å²) in [5, 5.41) is 18.0. The number of aliphatic hydroxyl groups is 1. The molecular formula is C10H14N2O5S. The van der Waals surface area contributed by atoms with Crippen LogP contribution in [0.1, 0.15) is 15.9 Å². The summed E-state index contributed by atoms with van der Waals surface area (Å²) in [5.74, 6) is -1.01. The van der Waals surface area contributed by atoms with Crippen molar-refractivity contribution in [3.8, 4) is 0 Å². The third kappa shape index (κ3) is 2.80. The molecule has 7 nitrogen and oxygen atoms in total. The van der Waals surface area contributed by atoms with Crippen molar-refractivity contribution in [3.63, 3.8) is 0 Å². The lowest BCUT2D eigenvalue weighted by molar-refractivity contribution is 0.0697. The normalized spacial score (nSPS) is 24.9. The Labute approximate surface area is 105 Å². The van der Waals surface area contributed by atoms with E-state index < -0.39 is 23.2 Å². The Morgan fingerprint density at radius 3 is 2.44 bits per heavy atom. The smallest absolute Gasteiger partial charge is 0.335 e. The average Bonchev–Trinajstić information content (AvgIpc) is 2.52. The molecule has 1 unspecified atom stereocenters. The van der Waals surface area contributed by atoms with Gasteiger partial charge >= 0.3 is 5.97 Å². The Morgan fingerprint density at radius 2 is 2.00 bits per heavy atom. The highest BCUT2D eigenvalue weighted by atomic mass is 32.3. The Morgan fingerprint density at radius 1 is 1.39 bits per heavy atom. The van der Waals surface area contributed by atoms with Crippen LogP contribution in [0.25, 0.3) is 0 Å². The fraction of sp³-hybridized carbons (Fsp3) is 0.300. The standard InChI is InChI=1S/C10H14N2O5S/c13-9-6-12(18(16,17)11-9)5-7-1-3-8(4-2-7)10(14)15/h1-4,9,11,13,16-17H,5-6H2,(H,14,15). The van der Waals surface area contributed by atoms with Gasteiger partial charge in [0, 0.05) is 6.54 Å². The van der Waals surface area contributed by atoms with Crippen LogP contribution in [0.15, 0.2) is 24.3 Å². The Bertz CT molecular complexity index is 450. The molecule has 1 aromatic rings. The van der Waals surface area contributed by atoms with Crippen LogP contribution in [0, 0.1) is 0 Å². The van der Waals surface area contributed by atoms with Crippen molar-refractivity contribution in [1.82, 2.24) is 9.03 Å².